The van der Waals surface area contributed by atoms with E-state index in [-0.39, 0.29) is 5.75 Å². The fourth-order valence-electron chi connectivity index (χ4n) is 2.99. The van der Waals surface area contributed by atoms with Gasteiger partial charge < -0.3 is 10.1 Å². The summed E-state index contributed by atoms with van der Waals surface area (Å²) in [6.07, 6.45) is 4.05. The molecule has 3 aromatic rings. The third kappa shape index (κ3) is 3.74. The lowest BCUT2D eigenvalue weighted by Crippen LogP contribution is -2.33. The predicted octanol–water partition coefficient (Wildman–Crippen LogP) is 1.85. The summed E-state index contributed by atoms with van der Waals surface area (Å²) in [5, 5.41) is 7.56. The Kier molecular flexibility index (Phi) is 4.71. The molecule has 0 spiro atoms. The molecule has 8 nitrogen and oxygen atoms in total. The highest BCUT2D eigenvalue weighted by Crippen LogP contribution is 2.27. The van der Waals surface area contributed by atoms with Crippen LogP contribution in [0.25, 0.3) is 16.8 Å². The number of ether oxygens (including phenoxy) is 1. The van der Waals surface area contributed by atoms with Gasteiger partial charge in [-0.1, -0.05) is 12.1 Å². The number of benzene rings is 1. The van der Waals surface area contributed by atoms with Crippen molar-refractivity contribution >= 4 is 21.5 Å². The lowest BCUT2D eigenvalue weighted by atomic mass is 10.1. The van der Waals surface area contributed by atoms with Crippen molar-refractivity contribution in [2.24, 2.45) is 0 Å². The van der Waals surface area contributed by atoms with Gasteiger partial charge in [-0.25, -0.2) is 22.2 Å². The zero-order chi connectivity index (χ0) is 18.9. The lowest BCUT2D eigenvalue weighted by molar-refractivity contribution is 0.316. The van der Waals surface area contributed by atoms with E-state index in [2.05, 4.69) is 15.4 Å². The Bertz CT molecular complexity index is 1060. The zero-order valence-electron chi connectivity index (χ0n) is 15.0. The van der Waals surface area contributed by atoms with Crippen LogP contribution in [0.2, 0.25) is 0 Å². The molecule has 0 unspecified atom stereocenters. The van der Waals surface area contributed by atoms with Crippen molar-refractivity contribution in [3.05, 3.63) is 42.7 Å². The van der Waals surface area contributed by atoms with E-state index in [1.165, 1.54) is 4.31 Å². The number of nitrogens with one attached hydrogen (secondary N) is 1. The van der Waals surface area contributed by atoms with E-state index in [0.29, 0.717) is 37.7 Å². The second-order valence-electron chi connectivity index (χ2n) is 6.43. The molecule has 0 radical (unpaired) electrons. The van der Waals surface area contributed by atoms with Crippen LogP contribution < -0.4 is 10.1 Å². The predicted molar refractivity (Wildman–Crippen MR) is 103 cm³/mol. The monoisotopic (exact) mass is 387 g/mol. The number of sulfonamides is 1. The van der Waals surface area contributed by atoms with E-state index in [9.17, 15) is 8.42 Å². The third-order valence-electron chi connectivity index (χ3n) is 4.54. The maximum Gasteiger partial charge on any atom is 0.214 e. The fraction of sp³-hybridized carbons (Fsp3) is 0.333. The second kappa shape index (κ2) is 7.16. The summed E-state index contributed by atoms with van der Waals surface area (Å²) in [7, 11) is -1.71. The second-order valence-corrected chi connectivity index (χ2v) is 8.63. The first-order valence-corrected chi connectivity index (χ1v) is 10.4. The van der Waals surface area contributed by atoms with Crippen LogP contribution in [0, 0.1) is 0 Å². The molecule has 0 saturated carbocycles. The van der Waals surface area contributed by atoms with Crippen LogP contribution in [-0.4, -0.2) is 59.8 Å². The van der Waals surface area contributed by atoms with Crippen LogP contribution in [0.15, 0.2) is 42.7 Å². The van der Waals surface area contributed by atoms with E-state index >= 15 is 0 Å². The molecule has 1 aliphatic heterocycles. The summed E-state index contributed by atoms with van der Waals surface area (Å²) in [4.78, 5) is 4.64. The molecular weight excluding hydrogens is 366 g/mol. The van der Waals surface area contributed by atoms with Gasteiger partial charge in [0.1, 0.15) is 11.6 Å². The molecule has 1 N–H and O–H groups in total. The molecule has 1 aliphatic rings. The van der Waals surface area contributed by atoms with Gasteiger partial charge in [0, 0.05) is 31.9 Å². The van der Waals surface area contributed by atoms with Gasteiger partial charge in [-0.2, -0.15) is 5.10 Å². The van der Waals surface area contributed by atoms with E-state index in [0.717, 1.165) is 16.8 Å². The standard InChI is InChI=1S/C18H21N5O3S/c1-22-9-7-19-17-6-8-23-18(21-17)16(13-20-23)14-4-2-5-15(12-14)26-10-3-11-27(22,24)25/h2,4-6,8,12-13H,3,7,9-11H2,1H3,(H,19,21). The minimum absolute atomic E-state index is 0.0565. The van der Waals surface area contributed by atoms with Gasteiger partial charge in [0.2, 0.25) is 10.0 Å². The van der Waals surface area contributed by atoms with E-state index in [4.69, 9.17) is 4.74 Å². The smallest absolute Gasteiger partial charge is 0.214 e. The van der Waals surface area contributed by atoms with Crippen LogP contribution >= 0.6 is 0 Å². The highest BCUT2D eigenvalue weighted by Gasteiger charge is 2.17. The Hall–Kier alpha value is -2.65. The molecule has 1 aromatic carbocycles. The quantitative estimate of drug-likeness (QED) is 0.633. The number of fused-ring (bicyclic) bond motifs is 4. The van der Waals surface area contributed by atoms with Crippen molar-refractivity contribution < 1.29 is 13.2 Å². The number of anilines is 1. The normalized spacial score (nSPS) is 18.1. The van der Waals surface area contributed by atoms with Crippen molar-refractivity contribution in [3.63, 3.8) is 0 Å². The maximum absolute atomic E-state index is 12.3. The van der Waals surface area contributed by atoms with E-state index in [1.54, 1.807) is 17.8 Å². The van der Waals surface area contributed by atoms with Crippen LogP contribution in [0.4, 0.5) is 5.82 Å². The summed E-state index contributed by atoms with van der Waals surface area (Å²) >= 11 is 0. The van der Waals surface area contributed by atoms with Gasteiger partial charge in [-0.05, 0) is 30.2 Å². The summed E-state index contributed by atoms with van der Waals surface area (Å²) in [5.74, 6) is 1.43. The first-order chi connectivity index (χ1) is 13.0. The maximum atomic E-state index is 12.3. The number of nitrogens with zero attached hydrogens (tertiary/aromatic N) is 4. The average Bonchev–Trinajstić information content (AvgIpc) is 3.08. The molecular formula is C18H21N5O3S. The number of hydrogen-bond donors (Lipinski definition) is 1. The van der Waals surface area contributed by atoms with Gasteiger partial charge in [0.05, 0.1) is 18.6 Å². The van der Waals surface area contributed by atoms with Gasteiger partial charge in [-0.15, -0.1) is 0 Å². The van der Waals surface area contributed by atoms with Crippen molar-refractivity contribution in [2.75, 3.05) is 37.8 Å². The Morgan fingerprint density at radius 1 is 1.26 bits per heavy atom. The van der Waals surface area contributed by atoms with Crippen LogP contribution in [0.5, 0.6) is 5.75 Å². The fourth-order valence-corrected chi connectivity index (χ4v) is 4.16. The lowest BCUT2D eigenvalue weighted by Gasteiger charge is -2.18. The molecule has 0 aliphatic carbocycles. The van der Waals surface area contributed by atoms with Crippen molar-refractivity contribution in [1.82, 2.24) is 18.9 Å². The number of rotatable bonds is 0. The Balaban J connectivity index is 1.73. The summed E-state index contributed by atoms with van der Waals surface area (Å²) in [5.41, 5.74) is 2.59. The minimum Gasteiger partial charge on any atom is -0.494 e. The molecule has 4 rings (SSSR count). The van der Waals surface area contributed by atoms with Crippen molar-refractivity contribution in [3.8, 4) is 16.9 Å². The third-order valence-corrected chi connectivity index (χ3v) is 6.47. The van der Waals surface area contributed by atoms with Gasteiger partial charge in [0.15, 0.2) is 5.65 Å². The average molecular weight is 387 g/mol. The SMILES string of the molecule is CN1CCNc2ccn3ncc(c3n2)-c2cccc(c2)OCCCS1(=O)=O. The first kappa shape index (κ1) is 17.7. The Morgan fingerprint density at radius 2 is 2.15 bits per heavy atom. The van der Waals surface area contributed by atoms with E-state index < -0.39 is 10.0 Å². The van der Waals surface area contributed by atoms with Crippen LogP contribution in [0.3, 0.4) is 0 Å². The van der Waals surface area contributed by atoms with Crippen LogP contribution in [-0.2, 0) is 10.0 Å². The molecule has 4 bridgehead atoms. The molecule has 0 saturated heterocycles. The Morgan fingerprint density at radius 3 is 3.04 bits per heavy atom. The van der Waals surface area contributed by atoms with Crippen molar-refractivity contribution in [1.29, 1.82) is 0 Å². The molecule has 142 valence electrons. The zero-order valence-corrected chi connectivity index (χ0v) is 15.8. The summed E-state index contributed by atoms with van der Waals surface area (Å²) in [6, 6.07) is 9.49. The number of likely N-dealkylation sites (N-methyl/N-ethyl adjacent to an activating group) is 1. The van der Waals surface area contributed by atoms with Gasteiger partial charge >= 0.3 is 0 Å². The minimum atomic E-state index is -3.31. The Labute approximate surface area is 157 Å². The molecule has 3 heterocycles. The van der Waals surface area contributed by atoms with Crippen LogP contribution in [0.1, 0.15) is 6.42 Å². The number of aromatic nitrogens is 3. The highest BCUT2D eigenvalue weighted by molar-refractivity contribution is 7.89. The molecule has 27 heavy (non-hydrogen) atoms. The largest absolute Gasteiger partial charge is 0.494 e. The molecule has 0 fully saturated rings. The molecule has 2 aromatic heterocycles. The molecule has 9 heteroatoms. The number of hydrogen-bond acceptors (Lipinski definition) is 6. The van der Waals surface area contributed by atoms with E-state index in [1.807, 2.05) is 36.5 Å². The first-order valence-electron chi connectivity index (χ1n) is 8.78. The summed E-state index contributed by atoms with van der Waals surface area (Å²) < 4.78 is 33.5. The molecule has 0 atom stereocenters. The van der Waals surface area contributed by atoms with Gasteiger partial charge in [0.25, 0.3) is 0 Å². The highest BCUT2D eigenvalue weighted by atomic mass is 32.2. The van der Waals surface area contributed by atoms with Crippen molar-refractivity contribution in [2.45, 2.75) is 6.42 Å². The topological polar surface area (TPSA) is 88.8 Å². The summed E-state index contributed by atoms with van der Waals surface area (Å²) in [6.45, 7) is 1.17. The molecule has 0 amide bonds. The van der Waals surface area contributed by atoms with Gasteiger partial charge in [-0.3, -0.25) is 0 Å².